The van der Waals surface area contributed by atoms with Crippen molar-refractivity contribution in [2.45, 2.75) is 25.8 Å². The highest BCUT2D eigenvalue weighted by Crippen LogP contribution is 2.47. The molecule has 1 aliphatic carbocycles. The van der Waals surface area contributed by atoms with Crippen LogP contribution in [0.1, 0.15) is 30.4 Å². The fraction of sp³-hybridized carbons (Fsp3) is 0.500. The molecule has 1 aliphatic rings. The van der Waals surface area contributed by atoms with Gasteiger partial charge in [0, 0.05) is 25.3 Å². The molecule has 0 unspecified atom stereocenters. The number of nitriles is 1. The summed E-state index contributed by atoms with van der Waals surface area (Å²) >= 11 is 0. The zero-order valence-electron chi connectivity index (χ0n) is 10.2. The predicted octanol–water partition coefficient (Wildman–Crippen LogP) is 1.95. The van der Waals surface area contributed by atoms with E-state index in [1.165, 1.54) is 6.07 Å². The van der Waals surface area contributed by atoms with E-state index in [0.717, 1.165) is 25.8 Å². The number of aliphatic hydroxyl groups is 1. The minimum Gasteiger partial charge on any atom is -0.396 e. The molecule has 2 N–H and O–H groups in total. The highest BCUT2D eigenvalue weighted by atomic mass is 19.1. The molecule has 0 aromatic heterocycles. The number of hydrogen-bond acceptors (Lipinski definition) is 3. The van der Waals surface area contributed by atoms with Gasteiger partial charge in [0.15, 0.2) is 0 Å². The maximum Gasteiger partial charge on any atom is 0.129 e. The highest BCUT2D eigenvalue weighted by molar-refractivity contribution is 5.32. The first-order valence-electron chi connectivity index (χ1n) is 6.19. The molecule has 0 amide bonds. The van der Waals surface area contributed by atoms with Crippen LogP contribution in [0.5, 0.6) is 0 Å². The Morgan fingerprint density at radius 2 is 2.22 bits per heavy atom. The fourth-order valence-electron chi connectivity index (χ4n) is 2.15. The van der Waals surface area contributed by atoms with E-state index in [1.54, 1.807) is 12.1 Å². The van der Waals surface area contributed by atoms with E-state index in [1.807, 2.05) is 6.07 Å². The summed E-state index contributed by atoms with van der Waals surface area (Å²) in [6, 6.07) is 6.45. The van der Waals surface area contributed by atoms with Crippen LogP contribution in [0.3, 0.4) is 0 Å². The second kappa shape index (κ2) is 5.47. The van der Waals surface area contributed by atoms with E-state index in [2.05, 4.69) is 5.32 Å². The maximum atomic E-state index is 13.6. The molecular weight excluding hydrogens is 231 g/mol. The first-order valence-corrected chi connectivity index (χ1v) is 6.19. The third kappa shape index (κ3) is 3.06. The van der Waals surface area contributed by atoms with Gasteiger partial charge in [-0.3, -0.25) is 0 Å². The molecule has 4 heteroatoms. The van der Waals surface area contributed by atoms with Crippen LogP contribution < -0.4 is 5.32 Å². The summed E-state index contributed by atoms with van der Waals surface area (Å²) in [5, 5.41) is 20.8. The van der Waals surface area contributed by atoms with Crippen LogP contribution >= 0.6 is 0 Å². The molecule has 0 atom stereocenters. The van der Waals surface area contributed by atoms with E-state index >= 15 is 0 Å². The van der Waals surface area contributed by atoms with Crippen molar-refractivity contribution in [2.24, 2.45) is 5.41 Å². The Morgan fingerprint density at radius 1 is 1.44 bits per heavy atom. The van der Waals surface area contributed by atoms with Crippen LogP contribution in [-0.4, -0.2) is 18.3 Å². The fourth-order valence-corrected chi connectivity index (χ4v) is 2.15. The molecule has 2 rings (SSSR count). The summed E-state index contributed by atoms with van der Waals surface area (Å²) in [4.78, 5) is 0. The number of nitrogens with one attached hydrogen (secondary N) is 1. The van der Waals surface area contributed by atoms with Gasteiger partial charge in [0.25, 0.3) is 0 Å². The largest absolute Gasteiger partial charge is 0.396 e. The van der Waals surface area contributed by atoms with Crippen LogP contribution in [0.25, 0.3) is 0 Å². The Labute approximate surface area is 106 Å². The second-order valence-electron chi connectivity index (χ2n) is 5.00. The zero-order chi connectivity index (χ0) is 13.0. The molecule has 1 aromatic rings. The monoisotopic (exact) mass is 248 g/mol. The van der Waals surface area contributed by atoms with Gasteiger partial charge >= 0.3 is 0 Å². The van der Waals surface area contributed by atoms with Crippen LogP contribution in [-0.2, 0) is 6.54 Å². The summed E-state index contributed by atoms with van der Waals surface area (Å²) < 4.78 is 13.6. The Hall–Kier alpha value is -1.44. The maximum absolute atomic E-state index is 13.6. The molecule has 0 radical (unpaired) electrons. The van der Waals surface area contributed by atoms with Gasteiger partial charge in [-0.2, -0.15) is 5.26 Å². The van der Waals surface area contributed by atoms with Gasteiger partial charge < -0.3 is 10.4 Å². The number of nitrogens with zero attached hydrogens (tertiary/aromatic N) is 1. The van der Waals surface area contributed by atoms with Gasteiger partial charge in [-0.15, -0.1) is 0 Å². The molecule has 0 aliphatic heterocycles. The molecule has 1 saturated carbocycles. The smallest absolute Gasteiger partial charge is 0.129 e. The quantitative estimate of drug-likeness (QED) is 0.809. The topological polar surface area (TPSA) is 56.0 Å². The molecule has 0 heterocycles. The summed E-state index contributed by atoms with van der Waals surface area (Å²) in [6.07, 6.45) is 3.09. The van der Waals surface area contributed by atoms with Gasteiger partial charge in [-0.1, -0.05) is 6.07 Å². The normalized spacial score (nSPS) is 16.3. The van der Waals surface area contributed by atoms with Crippen molar-refractivity contribution in [3.63, 3.8) is 0 Å². The zero-order valence-corrected chi connectivity index (χ0v) is 10.2. The van der Waals surface area contributed by atoms with E-state index in [9.17, 15) is 4.39 Å². The molecule has 18 heavy (non-hydrogen) atoms. The van der Waals surface area contributed by atoms with Gasteiger partial charge in [0.1, 0.15) is 5.82 Å². The van der Waals surface area contributed by atoms with Crippen LogP contribution in [0, 0.1) is 22.6 Å². The van der Waals surface area contributed by atoms with Gasteiger partial charge in [0.05, 0.1) is 11.6 Å². The minimum absolute atomic E-state index is 0.215. The number of aliphatic hydroxyl groups excluding tert-OH is 1. The first kappa shape index (κ1) is 13.0. The summed E-state index contributed by atoms with van der Waals surface area (Å²) in [6.45, 7) is 1.49. The van der Waals surface area contributed by atoms with E-state index < -0.39 is 0 Å². The molecule has 0 bridgehead atoms. The lowest BCUT2D eigenvalue weighted by molar-refractivity contribution is 0.245. The van der Waals surface area contributed by atoms with Gasteiger partial charge in [-0.05, 0) is 36.8 Å². The van der Waals surface area contributed by atoms with E-state index in [4.69, 9.17) is 10.4 Å². The van der Waals surface area contributed by atoms with Crippen molar-refractivity contribution in [1.82, 2.24) is 5.32 Å². The standard InChI is InChI=1S/C14H17FN2O/c15-13-7-11(8-16)1-2-12(13)9-17-10-14(3-4-14)5-6-18/h1-2,7,17-18H,3-6,9-10H2. The lowest BCUT2D eigenvalue weighted by Gasteiger charge is -2.14. The molecule has 96 valence electrons. The lowest BCUT2D eigenvalue weighted by atomic mass is 10.0. The third-order valence-electron chi connectivity index (χ3n) is 3.60. The summed E-state index contributed by atoms with van der Waals surface area (Å²) in [5.74, 6) is -0.339. The summed E-state index contributed by atoms with van der Waals surface area (Å²) in [5.41, 5.74) is 1.15. The van der Waals surface area contributed by atoms with Crippen molar-refractivity contribution in [3.8, 4) is 6.07 Å². The van der Waals surface area contributed by atoms with Crippen molar-refractivity contribution < 1.29 is 9.50 Å². The highest BCUT2D eigenvalue weighted by Gasteiger charge is 2.41. The second-order valence-corrected chi connectivity index (χ2v) is 5.00. The van der Waals surface area contributed by atoms with Crippen molar-refractivity contribution in [3.05, 3.63) is 35.1 Å². The van der Waals surface area contributed by atoms with E-state index in [0.29, 0.717) is 17.7 Å². The SMILES string of the molecule is N#Cc1ccc(CNCC2(CCO)CC2)c(F)c1. The van der Waals surface area contributed by atoms with Crippen molar-refractivity contribution >= 4 is 0 Å². The number of rotatable bonds is 6. The van der Waals surface area contributed by atoms with Crippen LogP contribution in [0.4, 0.5) is 4.39 Å². The molecule has 0 saturated heterocycles. The van der Waals surface area contributed by atoms with Crippen molar-refractivity contribution in [1.29, 1.82) is 5.26 Å². The first-order chi connectivity index (χ1) is 8.69. The van der Waals surface area contributed by atoms with E-state index in [-0.39, 0.29) is 17.8 Å². The number of hydrogen-bond donors (Lipinski definition) is 2. The van der Waals surface area contributed by atoms with Crippen molar-refractivity contribution in [2.75, 3.05) is 13.2 Å². The Morgan fingerprint density at radius 3 is 2.78 bits per heavy atom. The Balaban J connectivity index is 1.86. The Kier molecular flexibility index (Phi) is 3.95. The molecule has 0 spiro atoms. The third-order valence-corrected chi connectivity index (χ3v) is 3.60. The summed E-state index contributed by atoms with van der Waals surface area (Å²) in [7, 11) is 0. The molecular formula is C14H17FN2O. The average molecular weight is 248 g/mol. The molecule has 1 fully saturated rings. The molecule has 1 aromatic carbocycles. The van der Waals surface area contributed by atoms with Gasteiger partial charge in [0.2, 0.25) is 0 Å². The predicted molar refractivity (Wildman–Crippen MR) is 66.2 cm³/mol. The molecule has 3 nitrogen and oxygen atoms in total. The van der Waals surface area contributed by atoms with Gasteiger partial charge in [-0.25, -0.2) is 4.39 Å². The Bertz CT molecular complexity index is 463. The average Bonchev–Trinajstić information content (AvgIpc) is 3.12. The van der Waals surface area contributed by atoms with Crippen LogP contribution in [0.2, 0.25) is 0 Å². The number of benzene rings is 1. The minimum atomic E-state index is -0.339. The number of halogens is 1. The van der Waals surface area contributed by atoms with Crippen LogP contribution in [0.15, 0.2) is 18.2 Å². The lowest BCUT2D eigenvalue weighted by Crippen LogP contribution is -2.24.